The van der Waals surface area contributed by atoms with Crippen molar-refractivity contribution in [1.82, 2.24) is 5.32 Å². The van der Waals surface area contributed by atoms with E-state index in [1.165, 1.54) is 0 Å². The second kappa shape index (κ2) is 9.94. The maximum Gasteiger partial charge on any atom is 0.303 e. The molecule has 0 aliphatic rings. The first-order valence-corrected chi connectivity index (χ1v) is 8.89. The average Bonchev–Trinajstić information content (AvgIpc) is 2.62. The first kappa shape index (κ1) is 19.9. The lowest BCUT2D eigenvalue weighted by Gasteiger charge is -2.23. The van der Waals surface area contributed by atoms with E-state index in [-0.39, 0.29) is 24.9 Å². The Balaban J connectivity index is 2.12. The molecular formula is C20H23ClN2O3. The third kappa shape index (κ3) is 5.86. The van der Waals surface area contributed by atoms with E-state index in [1.807, 2.05) is 36.4 Å². The third-order valence-corrected chi connectivity index (χ3v) is 4.56. The van der Waals surface area contributed by atoms with E-state index < -0.39 is 11.9 Å². The van der Waals surface area contributed by atoms with E-state index in [1.54, 1.807) is 18.2 Å². The molecule has 0 aliphatic carbocycles. The first-order chi connectivity index (χ1) is 12.5. The van der Waals surface area contributed by atoms with Gasteiger partial charge in [-0.05, 0) is 30.0 Å². The summed E-state index contributed by atoms with van der Waals surface area (Å²) in [5.74, 6) is -1.71. The van der Waals surface area contributed by atoms with Gasteiger partial charge in [0.05, 0.1) is 5.92 Å². The molecule has 0 aromatic heterocycles. The van der Waals surface area contributed by atoms with Crippen LogP contribution in [0.3, 0.4) is 0 Å². The Hall–Kier alpha value is -2.37. The van der Waals surface area contributed by atoms with Crippen LogP contribution in [0.15, 0.2) is 54.6 Å². The van der Waals surface area contributed by atoms with E-state index in [9.17, 15) is 9.59 Å². The Morgan fingerprint density at radius 1 is 1.08 bits per heavy atom. The molecule has 4 N–H and O–H groups in total. The molecule has 0 fully saturated rings. The van der Waals surface area contributed by atoms with Gasteiger partial charge in [-0.3, -0.25) is 9.59 Å². The second-order valence-electron chi connectivity index (χ2n) is 6.14. The number of nitrogens with two attached hydrogens (primary N) is 1. The molecule has 0 saturated carbocycles. The van der Waals surface area contributed by atoms with Crippen LogP contribution in [0.25, 0.3) is 0 Å². The molecule has 0 saturated heterocycles. The summed E-state index contributed by atoms with van der Waals surface area (Å²) in [5, 5.41) is 12.4. The molecule has 2 atom stereocenters. The van der Waals surface area contributed by atoms with Crippen LogP contribution in [0.4, 0.5) is 0 Å². The van der Waals surface area contributed by atoms with Crippen molar-refractivity contribution in [2.45, 2.75) is 31.2 Å². The van der Waals surface area contributed by atoms with Gasteiger partial charge in [-0.25, -0.2) is 0 Å². The van der Waals surface area contributed by atoms with Crippen LogP contribution < -0.4 is 11.1 Å². The zero-order valence-electron chi connectivity index (χ0n) is 14.4. The molecule has 5 nitrogen and oxygen atoms in total. The number of rotatable bonds is 9. The topological polar surface area (TPSA) is 92.4 Å². The fourth-order valence-electron chi connectivity index (χ4n) is 2.86. The highest BCUT2D eigenvalue weighted by molar-refractivity contribution is 6.31. The number of carbonyl (C=O) groups excluding carboxylic acids is 1. The maximum absolute atomic E-state index is 12.8. The summed E-state index contributed by atoms with van der Waals surface area (Å²) >= 11 is 6.20. The molecule has 0 bridgehead atoms. The quantitative estimate of drug-likeness (QED) is 0.629. The first-order valence-electron chi connectivity index (χ1n) is 8.51. The fraction of sp³-hybridized carbons (Fsp3) is 0.300. The van der Waals surface area contributed by atoms with E-state index in [0.717, 1.165) is 5.56 Å². The largest absolute Gasteiger partial charge is 0.481 e. The highest BCUT2D eigenvalue weighted by Crippen LogP contribution is 2.24. The number of carboxylic acid groups (broad SMARTS) is 1. The number of hydrogen-bond donors (Lipinski definition) is 3. The SMILES string of the molecule is NCC(C(=O)NC(CCC(=O)O)Cc1ccccc1)c1ccccc1Cl. The van der Waals surface area contributed by atoms with E-state index >= 15 is 0 Å². The minimum absolute atomic E-state index is 0.0167. The Morgan fingerprint density at radius 2 is 1.73 bits per heavy atom. The van der Waals surface area contributed by atoms with Gasteiger partial charge in [0.2, 0.25) is 5.91 Å². The lowest BCUT2D eigenvalue weighted by molar-refractivity contribution is -0.137. The van der Waals surface area contributed by atoms with Crippen molar-refractivity contribution in [3.63, 3.8) is 0 Å². The molecule has 2 aromatic rings. The van der Waals surface area contributed by atoms with Crippen molar-refractivity contribution >= 4 is 23.5 Å². The Morgan fingerprint density at radius 3 is 2.35 bits per heavy atom. The number of benzene rings is 2. The molecule has 0 spiro atoms. The monoisotopic (exact) mass is 374 g/mol. The maximum atomic E-state index is 12.8. The standard InChI is InChI=1S/C20H23ClN2O3/c21-18-9-5-4-8-16(18)17(13-22)20(26)23-15(10-11-19(24)25)12-14-6-2-1-3-7-14/h1-9,15,17H,10-13,22H2,(H,23,26)(H,24,25). The van der Waals surface area contributed by atoms with Gasteiger partial charge < -0.3 is 16.2 Å². The molecule has 1 amide bonds. The highest BCUT2D eigenvalue weighted by atomic mass is 35.5. The second-order valence-corrected chi connectivity index (χ2v) is 6.54. The van der Waals surface area contributed by atoms with Crippen LogP contribution in [-0.2, 0) is 16.0 Å². The minimum atomic E-state index is -0.890. The highest BCUT2D eigenvalue weighted by Gasteiger charge is 2.24. The third-order valence-electron chi connectivity index (χ3n) is 4.21. The summed E-state index contributed by atoms with van der Waals surface area (Å²) in [4.78, 5) is 23.7. The van der Waals surface area contributed by atoms with Gasteiger partial charge in [-0.15, -0.1) is 0 Å². The van der Waals surface area contributed by atoms with Crippen molar-refractivity contribution in [3.8, 4) is 0 Å². The van der Waals surface area contributed by atoms with E-state index in [4.69, 9.17) is 22.4 Å². The molecule has 138 valence electrons. The predicted molar refractivity (Wildman–Crippen MR) is 102 cm³/mol. The molecule has 2 unspecified atom stereocenters. The van der Waals surface area contributed by atoms with Crippen molar-refractivity contribution < 1.29 is 14.7 Å². The predicted octanol–water partition coefficient (Wildman–Crippen LogP) is 2.97. The van der Waals surface area contributed by atoms with Crippen molar-refractivity contribution in [3.05, 3.63) is 70.7 Å². The number of nitrogens with one attached hydrogen (secondary N) is 1. The Kier molecular flexibility index (Phi) is 7.63. The number of aliphatic carboxylic acids is 1. The van der Waals surface area contributed by atoms with Gasteiger partial charge in [-0.2, -0.15) is 0 Å². The number of amides is 1. The summed E-state index contributed by atoms with van der Waals surface area (Å²) in [6.45, 7) is 0.118. The Bertz CT molecular complexity index is 737. The van der Waals surface area contributed by atoms with Crippen LogP contribution in [0.2, 0.25) is 5.02 Å². The van der Waals surface area contributed by atoms with E-state index in [2.05, 4.69) is 5.32 Å². The molecular weight excluding hydrogens is 352 g/mol. The number of halogens is 1. The molecule has 2 rings (SSSR count). The van der Waals surface area contributed by atoms with Crippen molar-refractivity contribution in [1.29, 1.82) is 0 Å². The van der Waals surface area contributed by atoms with Gasteiger partial charge >= 0.3 is 5.97 Å². The summed E-state index contributed by atoms with van der Waals surface area (Å²) in [7, 11) is 0. The van der Waals surface area contributed by atoms with Crippen LogP contribution >= 0.6 is 11.6 Å². The Labute approximate surface area is 158 Å². The normalized spacial score (nSPS) is 13.0. The van der Waals surface area contributed by atoms with Crippen molar-refractivity contribution in [2.75, 3.05) is 6.54 Å². The molecule has 0 aliphatic heterocycles. The van der Waals surface area contributed by atoms with Gasteiger partial charge in [0.1, 0.15) is 0 Å². The summed E-state index contributed by atoms with van der Waals surface area (Å²) in [6.07, 6.45) is 0.882. The van der Waals surface area contributed by atoms with E-state index in [0.29, 0.717) is 23.4 Å². The number of carbonyl (C=O) groups is 2. The number of carboxylic acids is 1. The van der Waals surface area contributed by atoms with Gasteiger partial charge in [0.15, 0.2) is 0 Å². The molecule has 2 aromatic carbocycles. The summed E-state index contributed by atoms with van der Waals surface area (Å²) in [5.41, 5.74) is 7.52. The van der Waals surface area contributed by atoms with Gasteiger partial charge in [-0.1, -0.05) is 60.1 Å². The van der Waals surface area contributed by atoms with Gasteiger partial charge in [0, 0.05) is 24.0 Å². The lowest BCUT2D eigenvalue weighted by Crippen LogP contribution is -2.41. The summed E-state index contributed by atoms with van der Waals surface area (Å²) < 4.78 is 0. The fourth-order valence-corrected chi connectivity index (χ4v) is 3.12. The average molecular weight is 375 g/mol. The molecule has 0 heterocycles. The lowest BCUT2D eigenvalue weighted by atomic mass is 9.96. The van der Waals surface area contributed by atoms with Crippen LogP contribution in [0.1, 0.15) is 29.9 Å². The van der Waals surface area contributed by atoms with Crippen molar-refractivity contribution in [2.24, 2.45) is 5.73 Å². The summed E-state index contributed by atoms with van der Waals surface area (Å²) in [6, 6.07) is 16.5. The molecule has 26 heavy (non-hydrogen) atoms. The molecule has 0 radical (unpaired) electrons. The van der Waals surface area contributed by atoms with Crippen LogP contribution in [0, 0.1) is 0 Å². The van der Waals surface area contributed by atoms with Gasteiger partial charge in [0.25, 0.3) is 0 Å². The zero-order chi connectivity index (χ0) is 18.9. The molecule has 6 heteroatoms. The minimum Gasteiger partial charge on any atom is -0.481 e. The van der Waals surface area contributed by atoms with Crippen LogP contribution in [-0.4, -0.2) is 29.6 Å². The number of hydrogen-bond acceptors (Lipinski definition) is 3. The zero-order valence-corrected chi connectivity index (χ0v) is 15.2. The van der Waals surface area contributed by atoms with Crippen LogP contribution in [0.5, 0.6) is 0 Å². The smallest absolute Gasteiger partial charge is 0.303 e.